The highest BCUT2D eigenvalue weighted by atomic mass is 32.1. The molecule has 0 fully saturated rings. The quantitative estimate of drug-likeness (QED) is 0.848. The topological polar surface area (TPSA) is 39.1 Å². The molecule has 0 aliphatic rings. The van der Waals surface area contributed by atoms with Crippen molar-refractivity contribution < 1.29 is 4.74 Å². The molecular weight excluding hydrogens is 282 g/mol. The van der Waals surface area contributed by atoms with E-state index in [4.69, 9.17) is 4.74 Å². The van der Waals surface area contributed by atoms with E-state index in [1.54, 1.807) is 7.11 Å². The Labute approximate surface area is 131 Å². The third kappa shape index (κ3) is 3.30. The predicted molar refractivity (Wildman–Crippen MR) is 88.4 cm³/mol. The Hall–Kier alpha value is -1.33. The van der Waals surface area contributed by atoms with E-state index in [1.165, 1.54) is 15.3 Å². The molecule has 2 aromatic heterocycles. The van der Waals surface area contributed by atoms with Crippen LogP contribution in [0.5, 0.6) is 5.75 Å². The molecule has 2 heterocycles. The average molecular weight is 307 g/mol. The molecule has 0 bridgehead atoms. The van der Waals surface area contributed by atoms with Gasteiger partial charge in [-0.15, -0.1) is 11.3 Å². The van der Waals surface area contributed by atoms with Crippen LogP contribution in [0.4, 0.5) is 0 Å². The summed E-state index contributed by atoms with van der Waals surface area (Å²) in [5, 5.41) is 8.09. The normalized spacial score (nSPS) is 12.6. The lowest BCUT2D eigenvalue weighted by Gasteiger charge is -2.19. The zero-order valence-electron chi connectivity index (χ0n) is 13.6. The van der Waals surface area contributed by atoms with Gasteiger partial charge >= 0.3 is 0 Å². The molecule has 2 rings (SSSR count). The van der Waals surface area contributed by atoms with Gasteiger partial charge in [0.2, 0.25) is 0 Å². The van der Waals surface area contributed by atoms with Gasteiger partial charge in [-0.25, -0.2) is 0 Å². The third-order valence-corrected chi connectivity index (χ3v) is 4.92. The predicted octanol–water partition coefficient (Wildman–Crippen LogP) is 3.68. The van der Waals surface area contributed by atoms with E-state index >= 15 is 0 Å². The van der Waals surface area contributed by atoms with Crippen molar-refractivity contribution in [3.05, 3.63) is 33.3 Å². The molecule has 0 radical (unpaired) electrons. The largest absolute Gasteiger partial charge is 0.493 e. The monoisotopic (exact) mass is 307 g/mol. The Balaban J connectivity index is 2.47. The fourth-order valence-corrected chi connectivity index (χ4v) is 3.56. The molecule has 5 heteroatoms. The van der Waals surface area contributed by atoms with E-state index in [0.717, 1.165) is 31.0 Å². The van der Waals surface area contributed by atoms with Crippen LogP contribution in [0.1, 0.15) is 47.3 Å². The molecule has 1 unspecified atom stereocenters. The number of nitrogens with one attached hydrogen (secondary N) is 1. The lowest BCUT2D eigenvalue weighted by atomic mass is 10.1. The van der Waals surface area contributed by atoms with Gasteiger partial charge in [-0.05, 0) is 45.4 Å². The summed E-state index contributed by atoms with van der Waals surface area (Å²) in [6.07, 6.45) is 2.91. The molecule has 0 saturated carbocycles. The van der Waals surface area contributed by atoms with Crippen LogP contribution in [0.2, 0.25) is 0 Å². The van der Waals surface area contributed by atoms with Crippen LogP contribution in [0, 0.1) is 13.8 Å². The van der Waals surface area contributed by atoms with Crippen molar-refractivity contribution in [2.24, 2.45) is 0 Å². The Morgan fingerprint density at radius 3 is 2.67 bits per heavy atom. The summed E-state index contributed by atoms with van der Waals surface area (Å²) >= 11 is 1.85. The molecule has 0 aliphatic carbocycles. The average Bonchev–Trinajstić information content (AvgIpc) is 3.03. The molecule has 0 saturated heterocycles. The number of aryl methyl sites for hydroxylation is 3. The van der Waals surface area contributed by atoms with Crippen molar-refractivity contribution in [3.63, 3.8) is 0 Å². The van der Waals surface area contributed by atoms with E-state index < -0.39 is 0 Å². The van der Waals surface area contributed by atoms with Crippen LogP contribution in [0.25, 0.3) is 0 Å². The summed E-state index contributed by atoms with van der Waals surface area (Å²) < 4.78 is 7.55. The second kappa shape index (κ2) is 7.09. The smallest absolute Gasteiger partial charge is 0.161 e. The highest BCUT2D eigenvalue weighted by Crippen LogP contribution is 2.35. The first-order valence-electron chi connectivity index (χ1n) is 7.52. The van der Waals surface area contributed by atoms with Crippen molar-refractivity contribution in [2.75, 3.05) is 13.7 Å². The Morgan fingerprint density at radius 2 is 2.14 bits per heavy atom. The first-order chi connectivity index (χ1) is 10.1. The maximum atomic E-state index is 5.53. The lowest BCUT2D eigenvalue weighted by molar-refractivity contribution is 0.399. The summed E-state index contributed by atoms with van der Waals surface area (Å²) in [6.45, 7) is 10.4. The van der Waals surface area contributed by atoms with E-state index in [9.17, 15) is 0 Å². The number of methoxy groups -OCH3 is 1. The zero-order valence-corrected chi connectivity index (χ0v) is 14.4. The van der Waals surface area contributed by atoms with Crippen molar-refractivity contribution in [3.8, 4) is 5.75 Å². The van der Waals surface area contributed by atoms with Gasteiger partial charge in [0.25, 0.3) is 0 Å². The van der Waals surface area contributed by atoms with Gasteiger partial charge in [0.15, 0.2) is 5.75 Å². The van der Waals surface area contributed by atoms with Gasteiger partial charge in [0.05, 0.1) is 19.3 Å². The van der Waals surface area contributed by atoms with Gasteiger partial charge in [0.1, 0.15) is 5.69 Å². The fraction of sp³-hybridized carbons (Fsp3) is 0.562. The minimum Gasteiger partial charge on any atom is -0.493 e. The van der Waals surface area contributed by atoms with Crippen LogP contribution in [-0.4, -0.2) is 23.4 Å². The molecule has 1 atom stereocenters. The van der Waals surface area contributed by atoms with Crippen LogP contribution in [0.15, 0.2) is 12.3 Å². The van der Waals surface area contributed by atoms with E-state index in [0.29, 0.717) is 0 Å². The summed E-state index contributed by atoms with van der Waals surface area (Å²) in [5.41, 5.74) is 2.47. The lowest BCUT2D eigenvalue weighted by Crippen LogP contribution is -2.25. The van der Waals surface area contributed by atoms with Crippen LogP contribution in [0.3, 0.4) is 0 Å². The van der Waals surface area contributed by atoms with E-state index in [2.05, 4.69) is 44.2 Å². The molecule has 21 heavy (non-hydrogen) atoms. The molecule has 0 aliphatic heterocycles. The minimum absolute atomic E-state index is 0.139. The second-order valence-electron chi connectivity index (χ2n) is 5.19. The first kappa shape index (κ1) is 16.0. The molecule has 0 aromatic carbocycles. The molecule has 2 aromatic rings. The summed E-state index contributed by atoms with van der Waals surface area (Å²) in [6, 6.07) is 2.42. The molecular formula is C16H25N3OS. The van der Waals surface area contributed by atoms with Crippen molar-refractivity contribution in [2.45, 2.75) is 46.7 Å². The molecule has 116 valence electrons. The Morgan fingerprint density at radius 1 is 1.38 bits per heavy atom. The number of nitrogens with zero attached hydrogens (tertiary/aromatic N) is 2. The van der Waals surface area contributed by atoms with Crippen LogP contribution < -0.4 is 10.1 Å². The maximum Gasteiger partial charge on any atom is 0.161 e. The van der Waals surface area contributed by atoms with Crippen molar-refractivity contribution in [1.82, 2.24) is 15.1 Å². The number of hydrogen-bond acceptors (Lipinski definition) is 4. The third-order valence-electron chi connectivity index (χ3n) is 3.71. The summed E-state index contributed by atoms with van der Waals surface area (Å²) in [4.78, 5) is 2.70. The number of ether oxygens (including phenoxy) is 1. The summed E-state index contributed by atoms with van der Waals surface area (Å²) in [7, 11) is 1.71. The van der Waals surface area contributed by atoms with Crippen LogP contribution >= 0.6 is 11.3 Å². The number of hydrogen-bond donors (Lipinski definition) is 1. The molecule has 4 nitrogen and oxygen atoms in total. The van der Waals surface area contributed by atoms with Crippen LogP contribution in [-0.2, 0) is 6.54 Å². The second-order valence-corrected chi connectivity index (χ2v) is 6.48. The van der Waals surface area contributed by atoms with Gasteiger partial charge < -0.3 is 10.1 Å². The highest BCUT2D eigenvalue weighted by Gasteiger charge is 2.24. The number of thiophene rings is 1. The maximum absolute atomic E-state index is 5.53. The standard InChI is InChI=1S/C16H25N3OS/c1-6-8-17-15(14-9-11(3)12(4)21-14)16-13(20-5)10-18-19(16)7-2/h9-10,15,17H,6-8H2,1-5H3. The Kier molecular flexibility index (Phi) is 5.42. The molecule has 1 N–H and O–H groups in total. The number of aromatic nitrogens is 2. The van der Waals surface area contributed by atoms with Crippen molar-refractivity contribution in [1.29, 1.82) is 0 Å². The SMILES string of the molecule is CCCNC(c1cc(C)c(C)s1)c1c(OC)cnn1CC. The number of rotatable bonds is 7. The first-order valence-corrected chi connectivity index (χ1v) is 8.33. The minimum atomic E-state index is 0.139. The van der Waals surface area contributed by atoms with E-state index in [1.807, 2.05) is 22.2 Å². The Bertz CT molecular complexity index is 547. The molecule has 0 spiro atoms. The fourth-order valence-electron chi connectivity index (χ4n) is 2.44. The van der Waals surface area contributed by atoms with Gasteiger partial charge in [-0.3, -0.25) is 4.68 Å². The van der Waals surface area contributed by atoms with Crippen molar-refractivity contribution >= 4 is 11.3 Å². The van der Waals surface area contributed by atoms with Gasteiger partial charge in [-0.2, -0.15) is 5.10 Å². The highest BCUT2D eigenvalue weighted by molar-refractivity contribution is 7.12. The molecule has 0 amide bonds. The van der Waals surface area contributed by atoms with Gasteiger partial charge in [-0.1, -0.05) is 6.92 Å². The zero-order chi connectivity index (χ0) is 15.4. The summed E-state index contributed by atoms with van der Waals surface area (Å²) in [5.74, 6) is 0.856. The van der Waals surface area contributed by atoms with Gasteiger partial charge in [0, 0.05) is 16.3 Å². The van der Waals surface area contributed by atoms with E-state index in [-0.39, 0.29) is 6.04 Å².